The zero-order valence-corrected chi connectivity index (χ0v) is 15.9. The van der Waals surface area contributed by atoms with E-state index in [4.69, 9.17) is 23.3 Å². The topological polar surface area (TPSA) is 136 Å². The van der Waals surface area contributed by atoms with Crippen molar-refractivity contribution in [3.05, 3.63) is 0 Å². The van der Waals surface area contributed by atoms with E-state index in [0.29, 0.717) is 12.4 Å². The van der Waals surface area contributed by atoms with Crippen molar-refractivity contribution in [3.8, 4) is 0 Å². The van der Waals surface area contributed by atoms with Crippen molar-refractivity contribution in [2.75, 3.05) is 50.3 Å². The first-order valence-corrected chi connectivity index (χ1v) is 11.3. The SMILES string of the molecule is O=S(=O)(O)CCCOCC(COCCCS)OCCCS(=O)(=O)O. The molecule has 0 saturated carbocycles. The molecule has 0 aliphatic carbocycles. The van der Waals surface area contributed by atoms with Crippen molar-refractivity contribution >= 4 is 32.9 Å². The highest BCUT2D eigenvalue weighted by Gasteiger charge is 2.12. The maximum atomic E-state index is 10.6. The minimum absolute atomic E-state index is 0.106. The van der Waals surface area contributed by atoms with Crippen molar-refractivity contribution in [1.82, 2.24) is 0 Å². The van der Waals surface area contributed by atoms with Gasteiger partial charge in [-0.25, -0.2) is 0 Å². The van der Waals surface area contributed by atoms with Crippen LogP contribution < -0.4 is 0 Å². The summed E-state index contributed by atoms with van der Waals surface area (Å²) in [5.74, 6) is -0.0905. The summed E-state index contributed by atoms with van der Waals surface area (Å²) < 4.78 is 75.7. The summed E-state index contributed by atoms with van der Waals surface area (Å²) >= 11 is 4.06. The minimum Gasteiger partial charge on any atom is -0.379 e. The number of hydrogen-bond acceptors (Lipinski definition) is 8. The molecule has 0 spiro atoms. The van der Waals surface area contributed by atoms with Gasteiger partial charge in [0.25, 0.3) is 20.2 Å². The van der Waals surface area contributed by atoms with Crippen LogP contribution in [0.2, 0.25) is 0 Å². The van der Waals surface area contributed by atoms with Gasteiger partial charge >= 0.3 is 0 Å². The second kappa shape index (κ2) is 13.3. The molecule has 0 bridgehead atoms. The highest BCUT2D eigenvalue weighted by Crippen LogP contribution is 2.01. The Labute approximate surface area is 149 Å². The molecule has 0 radical (unpaired) electrons. The molecule has 0 aliphatic heterocycles. The van der Waals surface area contributed by atoms with E-state index in [2.05, 4.69) is 12.6 Å². The Morgan fingerprint density at radius 3 is 1.71 bits per heavy atom. The average Bonchev–Trinajstić information content (AvgIpc) is 2.44. The van der Waals surface area contributed by atoms with E-state index >= 15 is 0 Å². The van der Waals surface area contributed by atoms with Crippen molar-refractivity contribution in [2.45, 2.75) is 25.4 Å². The Kier molecular flexibility index (Phi) is 13.3. The summed E-state index contributed by atoms with van der Waals surface area (Å²) in [6.45, 7) is 1.10. The van der Waals surface area contributed by atoms with Crippen molar-refractivity contribution in [1.29, 1.82) is 0 Å². The fourth-order valence-corrected chi connectivity index (χ4v) is 2.67. The van der Waals surface area contributed by atoms with Gasteiger partial charge in [0.2, 0.25) is 0 Å². The lowest BCUT2D eigenvalue weighted by Gasteiger charge is -2.18. The van der Waals surface area contributed by atoms with Gasteiger partial charge in [-0.2, -0.15) is 29.5 Å². The number of rotatable bonds is 16. The molecule has 1 unspecified atom stereocenters. The zero-order chi connectivity index (χ0) is 18.5. The van der Waals surface area contributed by atoms with E-state index in [1.165, 1.54) is 0 Å². The van der Waals surface area contributed by atoms with E-state index in [1.807, 2.05) is 0 Å². The van der Waals surface area contributed by atoms with E-state index < -0.39 is 32.1 Å². The largest absolute Gasteiger partial charge is 0.379 e. The van der Waals surface area contributed by atoms with E-state index in [9.17, 15) is 16.8 Å². The number of ether oxygens (including phenoxy) is 3. The maximum absolute atomic E-state index is 10.6. The predicted octanol–water partition coefficient (Wildman–Crippen LogP) is 0.281. The van der Waals surface area contributed by atoms with E-state index in [-0.39, 0.29) is 45.0 Å². The van der Waals surface area contributed by atoms with Crippen LogP contribution in [-0.2, 0) is 34.4 Å². The lowest BCUT2D eigenvalue weighted by Crippen LogP contribution is -2.27. The molecule has 0 aliphatic rings. The van der Waals surface area contributed by atoms with Crippen LogP contribution in [0.4, 0.5) is 0 Å². The fourth-order valence-electron chi connectivity index (χ4n) is 1.58. The van der Waals surface area contributed by atoms with Crippen LogP contribution in [0, 0.1) is 0 Å². The van der Waals surface area contributed by atoms with E-state index in [0.717, 1.165) is 6.42 Å². The molecule has 9 nitrogen and oxygen atoms in total. The van der Waals surface area contributed by atoms with Gasteiger partial charge in [0.05, 0.1) is 24.7 Å². The van der Waals surface area contributed by atoms with Crippen molar-refractivity contribution in [3.63, 3.8) is 0 Å². The smallest absolute Gasteiger partial charge is 0.264 e. The van der Waals surface area contributed by atoms with Crippen LogP contribution >= 0.6 is 12.6 Å². The van der Waals surface area contributed by atoms with Crippen LogP contribution in [0.1, 0.15) is 19.3 Å². The van der Waals surface area contributed by atoms with Crippen LogP contribution in [0.3, 0.4) is 0 Å². The third-order valence-corrected chi connectivity index (χ3v) is 4.57. The van der Waals surface area contributed by atoms with Gasteiger partial charge in [-0.05, 0) is 25.0 Å². The molecule has 1 atom stereocenters. The summed E-state index contributed by atoms with van der Waals surface area (Å²) in [7, 11) is -8.02. The standard InChI is InChI=1S/C12H26O9S3/c13-23(14,15)8-2-5-20-11-12(10-19-4-1-7-22)21-6-3-9-24(16,17)18/h12,22H,1-11H2,(H,13,14,15)(H,16,17,18). The predicted molar refractivity (Wildman–Crippen MR) is 91.9 cm³/mol. The van der Waals surface area contributed by atoms with Crippen LogP contribution in [-0.4, -0.2) is 82.3 Å². The molecule has 0 saturated heterocycles. The Balaban J connectivity index is 4.03. The van der Waals surface area contributed by atoms with Crippen LogP contribution in [0.5, 0.6) is 0 Å². The summed E-state index contributed by atoms with van der Waals surface area (Å²) in [6.07, 6.45) is 0.606. The molecular weight excluding hydrogens is 384 g/mol. The van der Waals surface area contributed by atoms with E-state index in [1.54, 1.807) is 0 Å². The second-order valence-electron chi connectivity index (χ2n) is 5.00. The molecule has 0 heterocycles. The zero-order valence-electron chi connectivity index (χ0n) is 13.4. The molecule has 2 N–H and O–H groups in total. The molecule has 0 aromatic carbocycles. The lowest BCUT2D eigenvalue weighted by atomic mass is 10.4. The Morgan fingerprint density at radius 1 is 0.792 bits per heavy atom. The van der Waals surface area contributed by atoms with Crippen LogP contribution in [0.25, 0.3) is 0 Å². The van der Waals surface area contributed by atoms with Gasteiger partial charge in [-0.15, -0.1) is 0 Å². The molecular formula is C12H26O9S3. The summed E-state index contributed by atoms with van der Waals surface area (Å²) in [4.78, 5) is 0. The van der Waals surface area contributed by atoms with Gasteiger partial charge in [0.15, 0.2) is 0 Å². The molecule has 0 aromatic heterocycles. The lowest BCUT2D eigenvalue weighted by molar-refractivity contribution is -0.0593. The summed E-state index contributed by atoms with van der Waals surface area (Å²) in [6, 6.07) is 0. The van der Waals surface area contributed by atoms with Crippen molar-refractivity contribution < 1.29 is 40.2 Å². The summed E-state index contributed by atoms with van der Waals surface area (Å²) in [5.41, 5.74) is 0. The Bertz CT molecular complexity index is 504. The van der Waals surface area contributed by atoms with Crippen molar-refractivity contribution in [2.24, 2.45) is 0 Å². The monoisotopic (exact) mass is 410 g/mol. The van der Waals surface area contributed by atoms with Gasteiger partial charge in [-0.1, -0.05) is 0 Å². The normalized spacial score (nSPS) is 14.0. The highest BCUT2D eigenvalue weighted by atomic mass is 32.2. The number of thiol groups is 1. The third kappa shape index (κ3) is 18.4. The highest BCUT2D eigenvalue weighted by molar-refractivity contribution is 7.86. The Hall–Kier alpha value is 0.0500. The molecule has 146 valence electrons. The third-order valence-electron chi connectivity index (χ3n) is 2.65. The van der Waals surface area contributed by atoms with Gasteiger partial charge < -0.3 is 14.2 Å². The molecule has 0 amide bonds. The first-order valence-electron chi connectivity index (χ1n) is 7.42. The van der Waals surface area contributed by atoms with Gasteiger partial charge in [0, 0.05) is 19.8 Å². The van der Waals surface area contributed by atoms with Gasteiger partial charge in [-0.3, -0.25) is 9.11 Å². The Morgan fingerprint density at radius 2 is 1.25 bits per heavy atom. The molecule has 24 heavy (non-hydrogen) atoms. The molecule has 0 aromatic rings. The average molecular weight is 411 g/mol. The molecule has 0 rings (SSSR count). The summed E-state index contributed by atoms with van der Waals surface area (Å²) in [5, 5.41) is 0. The first kappa shape index (κ1) is 24.1. The molecule has 0 fully saturated rings. The first-order chi connectivity index (χ1) is 11.1. The quantitative estimate of drug-likeness (QED) is 0.186. The molecule has 12 heteroatoms. The second-order valence-corrected chi connectivity index (χ2v) is 8.59. The fraction of sp³-hybridized carbons (Fsp3) is 1.00. The maximum Gasteiger partial charge on any atom is 0.264 e. The van der Waals surface area contributed by atoms with Crippen LogP contribution in [0.15, 0.2) is 0 Å². The number of hydrogen-bond donors (Lipinski definition) is 3. The van der Waals surface area contributed by atoms with Gasteiger partial charge in [0.1, 0.15) is 6.10 Å². The minimum atomic E-state index is -4.02.